The number of aromatic hydroxyl groups is 4. The molecule has 0 radical (unpaired) electrons. The van der Waals surface area contributed by atoms with Gasteiger partial charge in [0.05, 0.1) is 44.9 Å². The zero-order valence-corrected chi connectivity index (χ0v) is 64.3. The SMILES string of the molecule is CC(=O)Nc1ccc(Nc2ccc(O)c3c2C(=O)c2ccccc2C3=O)cc1.CNc1ccc(O)c2c1C(=O)c1ccccc1C2=O.[C-]#[N+]/C(N=Cc1c(O)c(C(=O)O)cc2ccccc12)=C(\C#N)N=Cc1c(O)ccc2ccccc12.c1ccc2c(c1)-c1cc-2nc2[nH]c(nc3nc(nc4[nH]c(n1)c1ccccc41)-c1ccccc1-3)c1ccccc21. The van der Waals surface area contributed by atoms with Crippen LogP contribution in [0.3, 0.4) is 0 Å². The zero-order chi connectivity index (χ0) is 84.6. The maximum atomic E-state index is 13.0. The monoisotopic (exact) mass is 1600 g/mol. The number of rotatable bonds is 9. The van der Waals surface area contributed by atoms with Gasteiger partial charge in [0.25, 0.3) is 0 Å². The molecule has 0 atom stereocenters. The van der Waals surface area contributed by atoms with E-state index in [0.717, 1.165) is 78.1 Å². The molecule has 0 fully saturated rings. The van der Waals surface area contributed by atoms with Crippen LogP contribution in [0, 0.1) is 17.9 Å². The number of carbonyl (C=O) groups is 6. The lowest BCUT2D eigenvalue weighted by molar-refractivity contribution is -0.114. The van der Waals surface area contributed by atoms with Crippen molar-refractivity contribution in [2.45, 2.75) is 6.92 Å². The third kappa shape index (κ3) is 14.3. The summed E-state index contributed by atoms with van der Waals surface area (Å²) in [6.07, 6.45) is 2.43. The van der Waals surface area contributed by atoms with Crippen LogP contribution in [0.25, 0.3) is 116 Å². The number of hydrogen-bond donors (Lipinski definition) is 10. The molecule has 13 aromatic carbocycles. The third-order valence-corrected chi connectivity index (χ3v) is 20.8. The molecule has 4 heterocycles. The quantitative estimate of drug-likeness (QED) is 0.0278. The fourth-order valence-corrected chi connectivity index (χ4v) is 15.1. The Kier molecular flexibility index (Phi) is 20.3. The number of benzene rings is 13. The first-order chi connectivity index (χ1) is 59.3. The average molecular weight is 1600 g/mol. The van der Waals surface area contributed by atoms with Crippen LogP contribution in [0.2, 0.25) is 0 Å². The van der Waals surface area contributed by atoms with Crippen LogP contribution in [-0.2, 0) is 4.79 Å². The lowest BCUT2D eigenvalue weighted by Crippen LogP contribution is -2.22. The number of carboxylic acid groups (broad SMARTS) is 1. The maximum Gasteiger partial charge on any atom is 0.339 e. The second kappa shape index (κ2) is 32.2. The summed E-state index contributed by atoms with van der Waals surface area (Å²) in [6, 6.07) is 81.4. The number of aromatic amines is 2. The van der Waals surface area contributed by atoms with Gasteiger partial charge in [0.1, 0.15) is 63.4 Å². The predicted octanol–water partition coefficient (Wildman–Crippen LogP) is 18.8. The number of phenols is 4. The molecule has 1 aliphatic heterocycles. The number of carboxylic acids is 1. The molecular weight excluding hydrogens is 1540 g/mol. The Balaban J connectivity index is 0.000000119. The highest BCUT2D eigenvalue weighted by molar-refractivity contribution is 6.32. The molecular formula is C97H62N14O11. The number of H-pyrrole nitrogens is 2. The Morgan fingerprint density at radius 2 is 0.836 bits per heavy atom. The van der Waals surface area contributed by atoms with E-state index in [1.807, 2.05) is 84.9 Å². The number of aliphatic imine (C=N–C) groups is 2. The molecule has 0 spiro atoms. The van der Waals surface area contributed by atoms with Gasteiger partial charge in [0.2, 0.25) is 5.91 Å². The number of amides is 1. The average Bonchev–Trinajstić information content (AvgIpc) is 1.28. The van der Waals surface area contributed by atoms with Gasteiger partial charge in [-0.1, -0.05) is 207 Å². The highest BCUT2D eigenvalue weighted by Crippen LogP contribution is 2.43. The van der Waals surface area contributed by atoms with Gasteiger partial charge in [0, 0.05) is 109 Å². The minimum Gasteiger partial charge on any atom is -0.507 e. The number of allylic oxidation sites excluding steroid dienone is 1. The fraction of sp³-hybridized carbons (Fsp3) is 0.0206. The molecule has 20 rings (SSSR count). The Hall–Kier alpha value is -17.7. The van der Waals surface area contributed by atoms with Crippen molar-refractivity contribution in [1.29, 1.82) is 5.26 Å². The largest absolute Gasteiger partial charge is 0.507 e. The lowest BCUT2D eigenvalue weighted by atomic mass is 9.82. The number of hydrogen-bond acceptors (Lipinski definition) is 20. The number of aromatic carboxylic acids is 1. The highest BCUT2D eigenvalue weighted by atomic mass is 16.4. The normalized spacial score (nSPS) is 12.2. The number of nitrogens with one attached hydrogen (secondary N) is 5. The molecule has 4 aliphatic rings. The molecule has 16 aromatic rings. The van der Waals surface area contributed by atoms with E-state index in [4.69, 9.17) is 31.5 Å². The summed E-state index contributed by atoms with van der Waals surface area (Å²) in [5.41, 5.74) is 12.5. The first kappa shape index (κ1) is 76.9. The predicted molar refractivity (Wildman–Crippen MR) is 467 cm³/mol. The summed E-state index contributed by atoms with van der Waals surface area (Å²) in [5, 5.41) is 75.3. The van der Waals surface area contributed by atoms with E-state index in [1.54, 1.807) is 134 Å². The summed E-state index contributed by atoms with van der Waals surface area (Å²) in [7, 11) is 1.67. The summed E-state index contributed by atoms with van der Waals surface area (Å²) in [5.74, 6) is -2.84. The number of ketones is 4. The van der Waals surface area contributed by atoms with Crippen LogP contribution in [0.1, 0.15) is 92.1 Å². The number of nitriles is 1. The van der Waals surface area contributed by atoms with Gasteiger partial charge in [-0.3, -0.25) is 29.0 Å². The number of phenolic OH excluding ortho intramolecular Hbond substituents is 3. The molecule has 122 heavy (non-hydrogen) atoms. The molecule has 0 unspecified atom stereocenters. The van der Waals surface area contributed by atoms with Crippen LogP contribution in [0.5, 0.6) is 23.0 Å². The molecule has 3 aromatic heterocycles. The molecule has 586 valence electrons. The number of carbonyl (C=O) groups excluding carboxylic acids is 5. The van der Waals surface area contributed by atoms with E-state index < -0.39 is 11.7 Å². The highest BCUT2D eigenvalue weighted by Gasteiger charge is 2.36. The molecule has 25 nitrogen and oxygen atoms in total. The van der Waals surface area contributed by atoms with Crippen molar-refractivity contribution in [3.8, 4) is 74.4 Å². The van der Waals surface area contributed by atoms with Gasteiger partial charge in [-0.15, -0.1) is 4.99 Å². The lowest BCUT2D eigenvalue weighted by Gasteiger charge is -2.21. The number of anilines is 4. The van der Waals surface area contributed by atoms with Crippen molar-refractivity contribution in [2.75, 3.05) is 23.0 Å². The third-order valence-electron chi connectivity index (χ3n) is 20.8. The standard InChI is InChI=1S/C33H19N7.C27H16N4O4.C22H16N2O4.C15H11NO3/c1-2-10-19-18(9-1)26-17-27(19)35-29-21-12-4-6-14-23(21)31(37-29)39-33-25-16-8-7-15-24(25)32(40-33)38-30-22-13-5-3-11-20(22)28(34-26)36-30;1-29-26(23(13-28)30-14-21-18-8-4-2-6-16(18)10-11-24(21)32)31-15-22-19-9-5-3-7-17(19)12-20(25(22)33)27(34)35;1-12(25)23-13-6-8-14(9-7-13)24-17-10-11-18(26)20-19(17)21(27)15-4-2-3-5-16(15)22(20)28;1-16-10-6-7-11(17)13-12(10)14(18)8-4-2-3-5-9(8)15(13)19/h1-17H,(H2,34,35,36,37,38,39,40);2-12,14-15,32-33H,(H,34,35);2-11,24,26H,1H3,(H,23,25);2-7,16-17H,1H3/b;26-23-,30-14?,31-15?;;. The zero-order valence-electron chi connectivity index (χ0n) is 64.3. The van der Waals surface area contributed by atoms with E-state index in [-0.39, 0.29) is 96.8 Å². The number of fused-ring (bicyclic) bond motifs is 26. The van der Waals surface area contributed by atoms with Crippen molar-refractivity contribution in [1.82, 2.24) is 34.9 Å². The minimum atomic E-state index is -1.32. The molecule has 3 aliphatic carbocycles. The Bertz CT molecular complexity index is 7260. The van der Waals surface area contributed by atoms with E-state index in [9.17, 15) is 59.6 Å². The maximum absolute atomic E-state index is 13.0. The van der Waals surface area contributed by atoms with Crippen molar-refractivity contribution >= 4 is 136 Å². The first-order valence-electron chi connectivity index (χ1n) is 37.9. The molecule has 1 amide bonds. The Morgan fingerprint density at radius 1 is 0.434 bits per heavy atom. The Morgan fingerprint density at radius 3 is 1.31 bits per heavy atom. The van der Waals surface area contributed by atoms with Crippen LogP contribution >= 0.6 is 0 Å². The summed E-state index contributed by atoms with van der Waals surface area (Å²) in [6.45, 7) is 8.89. The van der Waals surface area contributed by atoms with Gasteiger partial charge in [0.15, 0.2) is 40.5 Å². The van der Waals surface area contributed by atoms with Gasteiger partial charge in [-0.05, 0) is 88.3 Å². The molecule has 8 bridgehead atoms. The fourth-order valence-electron chi connectivity index (χ4n) is 15.1. The van der Waals surface area contributed by atoms with Crippen LogP contribution < -0.4 is 16.0 Å². The summed E-state index contributed by atoms with van der Waals surface area (Å²) >= 11 is 0. The van der Waals surface area contributed by atoms with Crippen LogP contribution in [0.15, 0.2) is 288 Å². The van der Waals surface area contributed by atoms with Crippen molar-refractivity contribution in [3.63, 3.8) is 0 Å². The van der Waals surface area contributed by atoms with E-state index in [2.05, 4.69) is 77.1 Å². The number of aromatic nitrogens is 7. The smallest absolute Gasteiger partial charge is 0.339 e. The molecule has 10 N–H and O–H groups in total. The van der Waals surface area contributed by atoms with E-state index >= 15 is 0 Å². The molecule has 0 saturated carbocycles. The van der Waals surface area contributed by atoms with Gasteiger partial charge < -0.3 is 56.3 Å². The van der Waals surface area contributed by atoms with Crippen LogP contribution in [-0.4, -0.2) is 115 Å². The van der Waals surface area contributed by atoms with Crippen LogP contribution in [0.4, 0.5) is 22.7 Å². The second-order valence-electron chi connectivity index (χ2n) is 28.1. The second-order valence-corrected chi connectivity index (χ2v) is 28.1. The Labute approximate surface area is 691 Å². The van der Waals surface area contributed by atoms with Gasteiger partial charge >= 0.3 is 11.8 Å². The molecule has 25 heteroatoms. The topological polar surface area (TPSA) is 389 Å². The van der Waals surface area contributed by atoms with E-state index in [0.29, 0.717) is 84.1 Å². The summed E-state index contributed by atoms with van der Waals surface area (Å²) < 4.78 is 0. The minimum absolute atomic E-state index is 0.00330. The number of nitrogens with zero attached hydrogens (tertiary/aromatic N) is 9. The van der Waals surface area contributed by atoms with Crippen molar-refractivity contribution in [2.24, 2.45) is 9.98 Å². The van der Waals surface area contributed by atoms with Gasteiger partial charge in [-0.2, -0.15) is 5.26 Å². The van der Waals surface area contributed by atoms with Gasteiger partial charge in [-0.25, -0.2) is 29.7 Å². The molecule has 0 saturated heterocycles. The summed E-state index contributed by atoms with van der Waals surface area (Å²) in [4.78, 5) is 117. The van der Waals surface area contributed by atoms with Crippen molar-refractivity contribution in [3.05, 3.63) is 351 Å². The van der Waals surface area contributed by atoms with E-state index in [1.165, 1.54) is 37.4 Å². The first-order valence-corrected chi connectivity index (χ1v) is 37.9. The van der Waals surface area contributed by atoms with Crippen molar-refractivity contribution < 1.29 is 54.3 Å².